The summed E-state index contributed by atoms with van der Waals surface area (Å²) >= 11 is 0. The van der Waals surface area contributed by atoms with Gasteiger partial charge in [0.15, 0.2) is 0 Å². The molecule has 19 heavy (non-hydrogen) atoms. The monoisotopic (exact) mass is 256 g/mol. The molecule has 1 saturated heterocycles. The van der Waals surface area contributed by atoms with Crippen LogP contribution >= 0.6 is 0 Å². The lowest BCUT2D eigenvalue weighted by Crippen LogP contribution is -2.44. The highest BCUT2D eigenvalue weighted by Crippen LogP contribution is 2.25. The minimum atomic E-state index is 0.174. The number of rotatable bonds is 3. The summed E-state index contributed by atoms with van der Waals surface area (Å²) in [5, 5.41) is 4.67. The second-order valence-electron chi connectivity index (χ2n) is 5.21. The maximum absolute atomic E-state index is 6.14. The Bertz CT molecular complexity index is 544. The van der Waals surface area contributed by atoms with Crippen LogP contribution in [0.3, 0.4) is 0 Å². The van der Waals surface area contributed by atoms with Crippen LogP contribution in [-0.2, 0) is 0 Å². The Morgan fingerprint density at radius 3 is 3.00 bits per heavy atom. The van der Waals surface area contributed by atoms with Gasteiger partial charge < -0.3 is 10.1 Å². The van der Waals surface area contributed by atoms with Crippen molar-refractivity contribution < 1.29 is 4.74 Å². The van der Waals surface area contributed by atoms with E-state index in [0.717, 1.165) is 23.2 Å². The number of para-hydroxylation sites is 1. The van der Waals surface area contributed by atoms with E-state index >= 15 is 0 Å². The lowest BCUT2D eigenvalue weighted by molar-refractivity contribution is 0.154. The molecule has 2 atom stereocenters. The zero-order valence-electron chi connectivity index (χ0n) is 11.3. The molecule has 3 nitrogen and oxygen atoms in total. The van der Waals surface area contributed by atoms with Gasteiger partial charge >= 0.3 is 0 Å². The van der Waals surface area contributed by atoms with Gasteiger partial charge in [-0.15, -0.1) is 0 Å². The Hall–Kier alpha value is -1.61. The Kier molecular flexibility index (Phi) is 3.65. The smallest absolute Gasteiger partial charge is 0.146 e. The molecule has 0 radical (unpaired) electrons. The first-order chi connectivity index (χ1) is 9.34. The van der Waals surface area contributed by atoms with E-state index in [1.807, 2.05) is 24.4 Å². The Balaban J connectivity index is 1.80. The second kappa shape index (κ2) is 5.57. The fourth-order valence-corrected chi connectivity index (χ4v) is 2.73. The van der Waals surface area contributed by atoms with Gasteiger partial charge in [-0.25, -0.2) is 0 Å². The molecule has 0 bridgehead atoms. The number of fused-ring (bicyclic) bond motifs is 1. The number of nitrogens with one attached hydrogen (secondary N) is 1. The molecule has 3 heteroatoms. The number of benzene rings is 1. The summed E-state index contributed by atoms with van der Waals surface area (Å²) < 4.78 is 6.14. The summed E-state index contributed by atoms with van der Waals surface area (Å²) in [6, 6.07) is 10.6. The minimum absolute atomic E-state index is 0.174. The number of aromatic nitrogens is 1. The normalized spacial score (nSPS) is 21.2. The van der Waals surface area contributed by atoms with Crippen molar-refractivity contribution in [1.29, 1.82) is 0 Å². The molecule has 0 saturated carbocycles. The molecule has 0 amide bonds. The standard InChI is InChI=1S/C16H20N2O/c1-12(14-8-2-3-10-17-14)19-15-9-4-6-13-7-5-11-18-16(13)15/h4-7,9,11-12,14,17H,2-3,8,10H2,1H3. The highest BCUT2D eigenvalue weighted by molar-refractivity contribution is 5.84. The van der Waals surface area contributed by atoms with Crippen LogP contribution in [0.25, 0.3) is 10.9 Å². The lowest BCUT2D eigenvalue weighted by atomic mass is 10.0. The predicted octanol–water partition coefficient (Wildman–Crippen LogP) is 3.14. The van der Waals surface area contributed by atoms with Gasteiger partial charge in [0, 0.05) is 17.6 Å². The van der Waals surface area contributed by atoms with Gasteiger partial charge in [0.1, 0.15) is 17.4 Å². The number of piperidine rings is 1. The van der Waals surface area contributed by atoms with Crippen molar-refractivity contribution in [2.75, 3.05) is 6.54 Å². The third kappa shape index (κ3) is 2.71. The third-order valence-corrected chi connectivity index (χ3v) is 3.82. The fraction of sp³-hybridized carbons (Fsp3) is 0.438. The summed E-state index contributed by atoms with van der Waals surface area (Å²) in [5.74, 6) is 0.887. The van der Waals surface area contributed by atoms with Crippen LogP contribution < -0.4 is 10.1 Å². The van der Waals surface area contributed by atoms with Gasteiger partial charge in [0.25, 0.3) is 0 Å². The SMILES string of the molecule is CC(Oc1cccc2cccnc12)C1CCCCN1. The van der Waals surface area contributed by atoms with Crippen LogP contribution in [0.15, 0.2) is 36.5 Å². The van der Waals surface area contributed by atoms with E-state index in [2.05, 4.69) is 29.4 Å². The quantitative estimate of drug-likeness (QED) is 0.916. The zero-order valence-corrected chi connectivity index (χ0v) is 11.3. The Labute approximate surface area is 114 Å². The molecule has 1 aliphatic rings. The van der Waals surface area contributed by atoms with Crippen LogP contribution in [0, 0.1) is 0 Å². The van der Waals surface area contributed by atoms with Crippen molar-refractivity contribution >= 4 is 10.9 Å². The van der Waals surface area contributed by atoms with Crippen LogP contribution in [0.4, 0.5) is 0 Å². The highest BCUT2D eigenvalue weighted by Gasteiger charge is 2.21. The van der Waals surface area contributed by atoms with Gasteiger partial charge in [-0.05, 0) is 38.4 Å². The number of hydrogen-bond donors (Lipinski definition) is 1. The summed E-state index contributed by atoms with van der Waals surface area (Å²) in [4.78, 5) is 4.43. The fourth-order valence-electron chi connectivity index (χ4n) is 2.73. The van der Waals surface area contributed by atoms with E-state index in [-0.39, 0.29) is 6.10 Å². The Morgan fingerprint density at radius 2 is 2.16 bits per heavy atom. The zero-order chi connectivity index (χ0) is 13.1. The number of nitrogens with zero attached hydrogens (tertiary/aromatic N) is 1. The molecule has 1 aliphatic heterocycles. The first-order valence-corrected chi connectivity index (χ1v) is 7.08. The van der Waals surface area contributed by atoms with E-state index in [9.17, 15) is 0 Å². The topological polar surface area (TPSA) is 34.1 Å². The van der Waals surface area contributed by atoms with Crippen LogP contribution in [0.2, 0.25) is 0 Å². The van der Waals surface area contributed by atoms with Crippen molar-refractivity contribution in [2.45, 2.75) is 38.3 Å². The van der Waals surface area contributed by atoms with Crippen molar-refractivity contribution in [3.05, 3.63) is 36.5 Å². The Morgan fingerprint density at radius 1 is 1.26 bits per heavy atom. The van der Waals surface area contributed by atoms with E-state index in [0.29, 0.717) is 6.04 Å². The molecule has 2 unspecified atom stereocenters. The summed E-state index contributed by atoms with van der Waals surface area (Å²) in [6.07, 6.45) is 5.75. The van der Waals surface area contributed by atoms with Crippen molar-refractivity contribution in [3.63, 3.8) is 0 Å². The first-order valence-electron chi connectivity index (χ1n) is 7.08. The summed E-state index contributed by atoms with van der Waals surface area (Å²) in [5.41, 5.74) is 0.952. The molecule has 1 aromatic heterocycles. The molecular weight excluding hydrogens is 236 g/mol. The van der Waals surface area contributed by atoms with Crippen molar-refractivity contribution in [1.82, 2.24) is 10.3 Å². The predicted molar refractivity (Wildman–Crippen MR) is 77.5 cm³/mol. The maximum atomic E-state index is 6.14. The van der Waals surface area contributed by atoms with Gasteiger partial charge in [0.05, 0.1) is 0 Å². The molecule has 2 heterocycles. The van der Waals surface area contributed by atoms with Crippen LogP contribution in [-0.4, -0.2) is 23.7 Å². The van der Waals surface area contributed by atoms with E-state index < -0.39 is 0 Å². The average molecular weight is 256 g/mol. The van der Waals surface area contributed by atoms with E-state index in [4.69, 9.17) is 4.74 Å². The third-order valence-electron chi connectivity index (χ3n) is 3.82. The van der Waals surface area contributed by atoms with Gasteiger partial charge in [-0.2, -0.15) is 0 Å². The first kappa shape index (κ1) is 12.4. The van der Waals surface area contributed by atoms with E-state index in [1.54, 1.807) is 0 Å². The van der Waals surface area contributed by atoms with Crippen molar-refractivity contribution in [3.8, 4) is 5.75 Å². The number of ether oxygens (including phenoxy) is 1. The molecule has 1 fully saturated rings. The average Bonchev–Trinajstić information content (AvgIpc) is 2.48. The molecule has 100 valence electrons. The highest BCUT2D eigenvalue weighted by atomic mass is 16.5. The molecule has 2 aromatic rings. The van der Waals surface area contributed by atoms with Crippen LogP contribution in [0.5, 0.6) is 5.75 Å². The lowest BCUT2D eigenvalue weighted by Gasteiger charge is -2.29. The molecule has 3 rings (SSSR count). The minimum Gasteiger partial charge on any atom is -0.487 e. The molecular formula is C16H20N2O. The largest absolute Gasteiger partial charge is 0.487 e. The molecule has 0 spiro atoms. The van der Waals surface area contributed by atoms with E-state index in [1.165, 1.54) is 19.3 Å². The van der Waals surface area contributed by atoms with Crippen LogP contribution in [0.1, 0.15) is 26.2 Å². The van der Waals surface area contributed by atoms with Crippen molar-refractivity contribution in [2.24, 2.45) is 0 Å². The number of hydrogen-bond acceptors (Lipinski definition) is 3. The summed E-state index contributed by atoms with van der Waals surface area (Å²) in [7, 11) is 0. The summed E-state index contributed by atoms with van der Waals surface area (Å²) in [6.45, 7) is 3.25. The van der Waals surface area contributed by atoms with Gasteiger partial charge in [0.2, 0.25) is 0 Å². The molecule has 0 aliphatic carbocycles. The molecule has 1 N–H and O–H groups in total. The van der Waals surface area contributed by atoms with Gasteiger partial charge in [-0.3, -0.25) is 4.98 Å². The second-order valence-corrected chi connectivity index (χ2v) is 5.21. The number of pyridine rings is 1. The molecule has 1 aromatic carbocycles. The van der Waals surface area contributed by atoms with Gasteiger partial charge in [-0.1, -0.05) is 24.6 Å². The maximum Gasteiger partial charge on any atom is 0.146 e.